The van der Waals surface area contributed by atoms with E-state index in [9.17, 15) is 18.0 Å². The lowest BCUT2D eigenvalue weighted by Gasteiger charge is -2.10. The first-order valence-electron chi connectivity index (χ1n) is 8.46. The van der Waals surface area contributed by atoms with Crippen LogP contribution in [0.2, 0.25) is 0 Å². The van der Waals surface area contributed by atoms with Crippen LogP contribution in [0.25, 0.3) is 0 Å². The zero-order valence-corrected chi connectivity index (χ0v) is 17.2. The van der Waals surface area contributed by atoms with Crippen LogP contribution in [0, 0.1) is 0 Å². The number of thiophene rings is 1. The van der Waals surface area contributed by atoms with E-state index in [4.69, 9.17) is 0 Å². The molecule has 0 saturated carbocycles. The number of sulfone groups is 1. The van der Waals surface area contributed by atoms with E-state index in [0.29, 0.717) is 18.7 Å². The first-order valence-corrected chi connectivity index (χ1v) is 11.9. The highest BCUT2D eigenvalue weighted by molar-refractivity contribution is 8.00. The zero-order chi connectivity index (χ0) is 19.4. The minimum absolute atomic E-state index is 0.108. The molecule has 3 rings (SSSR count). The molecule has 6 nitrogen and oxygen atoms in total. The van der Waals surface area contributed by atoms with Crippen LogP contribution in [-0.2, 0) is 26.0 Å². The Balaban J connectivity index is 1.64. The van der Waals surface area contributed by atoms with Gasteiger partial charge >= 0.3 is 0 Å². The quantitative estimate of drug-likeness (QED) is 0.744. The molecule has 27 heavy (non-hydrogen) atoms. The van der Waals surface area contributed by atoms with Gasteiger partial charge in [0.15, 0.2) is 9.84 Å². The zero-order valence-electron chi connectivity index (χ0n) is 14.7. The Morgan fingerprint density at radius 3 is 2.89 bits per heavy atom. The first kappa shape index (κ1) is 19.9. The third-order valence-electron chi connectivity index (χ3n) is 4.02. The second-order valence-electron chi connectivity index (χ2n) is 6.26. The second kappa shape index (κ2) is 8.45. The van der Waals surface area contributed by atoms with Crippen LogP contribution in [0.1, 0.15) is 24.6 Å². The van der Waals surface area contributed by atoms with Crippen LogP contribution >= 0.6 is 23.1 Å². The summed E-state index contributed by atoms with van der Waals surface area (Å²) in [5, 5.41) is 7.53. The highest BCUT2D eigenvalue weighted by atomic mass is 32.2. The van der Waals surface area contributed by atoms with Gasteiger partial charge in [-0.25, -0.2) is 8.42 Å². The summed E-state index contributed by atoms with van der Waals surface area (Å²) in [6, 6.07) is 8.54. The first-order chi connectivity index (χ1) is 12.8. The summed E-state index contributed by atoms with van der Waals surface area (Å²) in [7, 11) is -3.62. The molecule has 2 heterocycles. The molecule has 0 radical (unpaired) electrons. The maximum atomic E-state index is 12.6. The van der Waals surface area contributed by atoms with Crippen molar-refractivity contribution in [3.63, 3.8) is 0 Å². The maximum absolute atomic E-state index is 12.6. The number of hydrogen-bond acceptors (Lipinski definition) is 6. The minimum Gasteiger partial charge on any atom is -0.351 e. The molecule has 0 saturated heterocycles. The normalized spacial score (nSPS) is 16.9. The van der Waals surface area contributed by atoms with Gasteiger partial charge in [-0.2, -0.15) is 0 Å². The summed E-state index contributed by atoms with van der Waals surface area (Å²) < 4.78 is 25.2. The SMILES string of the molecule is CC1CC(=O)Nc2cc(S(=O)(=O)CCC(=O)NCc3cccs3)ccc2S1. The Kier molecular flexibility index (Phi) is 6.23. The number of anilines is 1. The van der Waals surface area contributed by atoms with Gasteiger partial charge in [0.25, 0.3) is 0 Å². The number of carbonyl (C=O) groups is 2. The van der Waals surface area contributed by atoms with E-state index in [1.165, 1.54) is 35.2 Å². The average molecular weight is 425 g/mol. The topological polar surface area (TPSA) is 92.3 Å². The van der Waals surface area contributed by atoms with Crippen LogP contribution in [0.4, 0.5) is 5.69 Å². The van der Waals surface area contributed by atoms with E-state index < -0.39 is 9.84 Å². The third-order valence-corrected chi connectivity index (χ3v) is 7.79. The van der Waals surface area contributed by atoms with Gasteiger partial charge in [0.1, 0.15) is 0 Å². The Labute approximate surface area is 166 Å². The van der Waals surface area contributed by atoms with E-state index in [1.807, 2.05) is 24.4 Å². The molecule has 1 unspecified atom stereocenters. The molecule has 2 amide bonds. The van der Waals surface area contributed by atoms with E-state index in [1.54, 1.807) is 6.07 Å². The highest BCUT2D eigenvalue weighted by Crippen LogP contribution is 2.36. The van der Waals surface area contributed by atoms with Crippen molar-refractivity contribution in [3.05, 3.63) is 40.6 Å². The van der Waals surface area contributed by atoms with Crippen molar-refractivity contribution in [2.75, 3.05) is 11.1 Å². The van der Waals surface area contributed by atoms with Gasteiger partial charge in [0.05, 0.1) is 22.9 Å². The van der Waals surface area contributed by atoms with Gasteiger partial charge < -0.3 is 10.6 Å². The standard InChI is InChI=1S/C18H20N2O4S3/c1-12-9-18(22)20-15-10-14(4-5-16(15)26-12)27(23,24)8-6-17(21)19-11-13-3-2-7-25-13/h2-5,7,10,12H,6,8-9,11H2,1H3,(H,19,21)(H,20,22). The Hall–Kier alpha value is -1.84. The third kappa shape index (κ3) is 5.33. The molecule has 144 valence electrons. The number of thioether (sulfide) groups is 1. The van der Waals surface area contributed by atoms with Gasteiger partial charge in [-0.1, -0.05) is 13.0 Å². The fraction of sp³-hybridized carbons (Fsp3) is 0.333. The molecular weight excluding hydrogens is 404 g/mol. The summed E-state index contributed by atoms with van der Waals surface area (Å²) in [6.45, 7) is 2.36. The van der Waals surface area contributed by atoms with E-state index >= 15 is 0 Å². The Morgan fingerprint density at radius 1 is 1.33 bits per heavy atom. The summed E-state index contributed by atoms with van der Waals surface area (Å²) in [5.74, 6) is -0.713. The van der Waals surface area contributed by atoms with Gasteiger partial charge in [-0.05, 0) is 29.6 Å². The van der Waals surface area contributed by atoms with Crippen LogP contribution in [-0.4, -0.2) is 31.2 Å². The number of rotatable bonds is 6. The van der Waals surface area contributed by atoms with E-state index in [-0.39, 0.29) is 34.1 Å². The number of amides is 2. The lowest BCUT2D eigenvalue weighted by Crippen LogP contribution is -2.24. The van der Waals surface area contributed by atoms with Crippen molar-refractivity contribution in [3.8, 4) is 0 Å². The van der Waals surface area contributed by atoms with Gasteiger partial charge in [-0.3, -0.25) is 9.59 Å². The molecule has 1 aromatic heterocycles. The van der Waals surface area contributed by atoms with Crippen molar-refractivity contribution >= 4 is 50.4 Å². The maximum Gasteiger partial charge on any atom is 0.225 e. The van der Waals surface area contributed by atoms with E-state index in [2.05, 4.69) is 10.6 Å². The fourth-order valence-corrected chi connectivity index (χ4v) is 5.61. The average Bonchev–Trinajstić information content (AvgIpc) is 3.08. The number of carbonyl (C=O) groups excluding carboxylic acids is 2. The molecule has 0 fully saturated rings. The van der Waals surface area contributed by atoms with Crippen molar-refractivity contribution in [2.24, 2.45) is 0 Å². The van der Waals surface area contributed by atoms with Crippen molar-refractivity contribution < 1.29 is 18.0 Å². The second-order valence-corrected chi connectivity index (χ2v) is 10.9. The molecule has 0 bridgehead atoms. The monoisotopic (exact) mass is 424 g/mol. The van der Waals surface area contributed by atoms with Crippen LogP contribution in [0.5, 0.6) is 0 Å². The minimum atomic E-state index is -3.62. The molecule has 1 atom stereocenters. The summed E-state index contributed by atoms with van der Waals surface area (Å²) >= 11 is 3.07. The Bertz CT molecular complexity index is 940. The largest absolute Gasteiger partial charge is 0.351 e. The van der Waals surface area contributed by atoms with Crippen molar-refractivity contribution in [1.82, 2.24) is 5.32 Å². The van der Waals surface area contributed by atoms with Gasteiger partial charge in [0.2, 0.25) is 11.8 Å². The van der Waals surface area contributed by atoms with Gasteiger partial charge in [0, 0.05) is 27.9 Å². The van der Waals surface area contributed by atoms with Gasteiger partial charge in [-0.15, -0.1) is 23.1 Å². The number of benzene rings is 1. The predicted octanol–water partition coefficient (Wildman–Crippen LogP) is 3.05. The lowest BCUT2D eigenvalue weighted by molar-refractivity contribution is -0.121. The van der Waals surface area contributed by atoms with E-state index in [0.717, 1.165) is 9.77 Å². The molecule has 0 aliphatic carbocycles. The van der Waals surface area contributed by atoms with Crippen LogP contribution < -0.4 is 10.6 Å². The molecule has 0 spiro atoms. The Morgan fingerprint density at radius 2 is 2.15 bits per heavy atom. The molecule has 1 aromatic carbocycles. The van der Waals surface area contributed by atoms with Crippen molar-refractivity contribution in [2.45, 2.75) is 41.4 Å². The number of nitrogens with one attached hydrogen (secondary N) is 2. The van der Waals surface area contributed by atoms with Crippen molar-refractivity contribution in [1.29, 1.82) is 0 Å². The summed E-state index contributed by atoms with van der Waals surface area (Å²) in [5.41, 5.74) is 0.512. The smallest absolute Gasteiger partial charge is 0.225 e. The lowest BCUT2D eigenvalue weighted by atomic mass is 10.3. The predicted molar refractivity (Wildman–Crippen MR) is 108 cm³/mol. The van der Waals surface area contributed by atoms with Crippen LogP contribution in [0.15, 0.2) is 45.5 Å². The number of fused-ring (bicyclic) bond motifs is 1. The fourth-order valence-electron chi connectivity index (χ4n) is 2.66. The number of hydrogen-bond donors (Lipinski definition) is 2. The molecule has 2 aromatic rings. The summed E-state index contributed by atoms with van der Waals surface area (Å²) in [4.78, 5) is 25.8. The molecule has 9 heteroatoms. The molecular formula is C18H20N2O4S3. The summed E-state index contributed by atoms with van der Waals surface area (Å²) in [6.07, 6.45) is 0.273. The molecule has 1 aliphatic rings. The molecule has 2 N–H and O–H groups in total. The highest BCUT2D eigenvalue weighted by Gasteiger charge is 2.22. The molecule has 1 aliphatic heterocycles. The van der Waals surface area contributed by atoms with Crippen LogP contribution in [0.3, 0.4) is 0 Å².